The van der Waals surface area contributed by atoms with Crippen molar-refractivity contribution in [3.8, 4) is 0 Å². The molecule has 1 aliphatic rings. The predicted octanol–water partition coefficient (Wildman–Crippen LogP) is 1.60. The summed E-state index contributed by atoms with van der Waals surface area (Å²) in [6, 6.07) is 1.91. The van der Waals surface area contributed by atoms with Gasteiger partial charge in [-0.3, -0.25) is 0 Å². The van der Waals surface area contributed by atoms with Crippen molar-refractivity contribution in [1.82, 2.24) is 15.5 Å². The predicted molar refractivity (Wildman–Crippen MR) is 51.9 cm³/mol. The zero-order chi connectivity index (χ0) is 9.10. The maximum absolute atomic E-state index is 5.84. The number of halogens is 1. The lowest BCUT2D eigenvalue weighted by Crippen LogP contribution is -2.28. The molecule has 2 heterocycles. The van der Waals surface area contributed by atoms with Gasteiger partial charge in [-0.05, 0) is 25.5 Å². The normalized spacial score (nSPS) is 23.0. The molecule has 1 N–H and O–H groups in total. The van der Waals surface area contributed by atoms with Crippen LogP contribution in [0.3, 0.4) is 0 Å². The summed E-state index contributed by atoms with van der Waals surface area (Å²) < 4.78 is 0. The Balaban J connectivity index is 2.14. The molecule has 1 atom stereocenters. The van der Waals surface area contributed by atoms with Crippen molar-refractivity contribution in [3.05, 3.63) is 23.0 Å². The summed E-state index contributed by atoms with van der Waals surface area (Å²) in [5.74, 6) is 0.486. The summed E-state index contributed by atoms with van der Waals surface area (Å²) in [4.78, 5) is 0. The molecule has 4 heteroatoms. The second-order valence-electron chi connectivity index (χ2n) is 3.34. The number of hydrogen-bond acceptors (Lipinski definition) is 3. The number of piperidine rings is 1. The minimum Gasteiger partial charge on any atom is -0.316 e. The Morgan fingerprint density at radius 2 is 2.46 bits per heavy atom. The van der Waals surface area contributed by atoms with Gasteiger partial charge < -0.3 is 5.32 Å². The number of hydrogen-bond donors (Lipinski definition) is 1. The van der Waals surface area contributed by atoms with Crippen molar-refractivity contribution in [2.75, 3.05) is 13.1 Å². The van der Waals surface area contributed by atoms with Gasteiger partial charge in [-0.2, -0.15) is 10.2 Å². The van der Waals surface area contributed by atoms with E-state index in [-0.39, 0.29) is 0 Å². The number of nitrogens with one attached hydrogen (secondary N) is 1. The number of aromatic nitrogens is 2. The lowest BCUT2D eigenvalue weighted by molar-refractivity contribution is 0.452. The molecule has 1 saturated heterocycles. The zero-order valence-electron chi connectivity index (χ0n) is 7.33. The lowest BCUT2D eigenvalue weighted by Gasteiger charge is -2.21. The van der Waals surface area contributed by atoms with Crippen molar-refractivity contribution in [2.24, 2.45) is 0 Å². The second kappa shape index (κ2) is 4.03. The molecular formula is C9H12ClN3. The fraction of sp³-hybridized carbons (Fsp3) is 0.556. The highest BCUT2D eigenvalue weighted by Gasteiger charge is 2.16. The minimum atomic E-state index is 0.486. The molecule has 70 valence electrons. The second-order valence-corrected chi connectivity index (χ2v) is 3.78. The molecule has 13 heavy (non-hydrogen) atoms. The third kappa shape index (κ3) is 2.17. The van der Waals surface area contributed by atoms with Crippen molar-refractivity contribution in [3.63, 3.8) is 0 Å². The summed E-state index contributed by atoms with van der Waals surface area (Å²) in [6.45, 7) is 2.11. The Morgan fingerprint density at radius 3 is 3.15 bits per heavy atom. The molecule has 1 aliphatic heterocycles. The van der Waals surface area contributed by atoms with Gasteiger partial charge in [-0.25, -0.2) is 0 Å². The van der Waals surface area contributed by atoms with Gasteiger partial charge in [0.15, 0.2) is 0 Å². The standard InChI is InChI=1S/C9H12ClN3/c10-8-4-9(13-12-6-8)7-2-1-3-11-5-7/h4,6-7,11H,1-3,5H2. The Morgan fingerprint density at radius 1 is 1.54 bits per heavy atom. The first-order valence-corrected chi connectivity index (χ1v) is 4.93. The number of nitrogens with zero attached hydrogens (tertiary/aromatic N) is 2. The quantitative estimate of drug-likeness (QED) is 0.743. The van der Waals surface area contributed by atoms with Gasteiger partial charge in [0.1, 0.15) is 0 Å². The number of rotatable bonds is 1. The zero-order valence-corrected chi connectivity index (χ0v) is 8.09. The summed E-state index contributed by atoms with van der Waals surface area (Å²) in [6.07, 6.45) is 3.96. The van der Waals surface area contributed by atoms with Crippen LogP contribution in [0.15, 0.2) is 12.3 Å². The topological polar surface area (TPSA) is 37.8 Å². The van der Waals surface area contributed by atoms with E-state index in [0.29, 0.717) is 10.9 Å². The van der Waals surface area contributed by atoms with Crippen LogP contribution in [-0.2, 0) is 0 Å². The van der Waals surface area contributed by atoms with Gasteiger partial charge >= 0.3 is 0 Å². The Labute approximate surface area is 82.5 Å². The first-order chi connectivity index (χ1) is 6.36. The molecule has 0 saturated carbocycles. The van der Waals surface area contributed by atoms with E-state index in [9.17, 15) is 0 Å². The van der Waals surface area contributed by atoms with E-state index in [1.54, 1.807) is 6.20 Å². The summed E-state index contributed by atoms with van der Waals surface area (Å²) in [5.41, 5.74) is 1.01. The summed E-state index contributed by atoms with van der Waals surface area (Å²) in [5, 5.41) is 12.0. The van der Waals surface area contributed by atoms with Crippen molar-refractivity contribution in [1.29, 1.82) is 0 Å². The van der Waals surface area contributed by atoms with Crippen LogP contribution in [0.4, 0.5) is 0 Å². The molecule has 1 aromatic heterocycles. The molecule has 1 unspecified atom stereocenters. The lowest BCUT2D eigenvalue weighted by atomic mass is 9.96. The average Bonchev–Trinajstić information content (AvgIpc) is 2.19. The minimum absolute atomic E-state index is 0.486. The molecular weight excluding hydrogens is 186 g/mol. The van der Waals surface area contributed by atoms with Crippen LogP contribution in [0.1, 0.15) is 24.5 Å². The van der Waals surface area contributed by atoms with Crippen LogP contribution < -0.4 is 5.32 Å². The van der Waals surface area contributed by atoms with E-state index in [2.05, 4.69) is 15.5 Å². The van der Waals surface area contributed by atoms with Crippen molar-refractivity contribution >= 4 is 11.6 Å². The van der Waals surface area contributed by atoms with Gasteiger partial charge in [0.2, 0.25) is 0 Å². The summed E-state index contributed by atoms with van der Waals surface area (Å²) >= 11 is 5.84. The monoisotopic (exact) mass is 197 g/mol. The highest BCUT2D eigenvalue weighted by Crippen LogP contribution is 2.22. The van der Waals surface area contributed by atoms with Crippen LogP contribution in [0.5, 0.6) is 0 Å². The average molecular weight is 198 g/mol. The van der Waals surface area contributed by atoms with Crippen LogP contribution in [0, 0.1) is 0 Å². The third-order valence-electron chi connectivity index (χ3n) is 2.36. The Kier molecular flexibility index (Phi) is 2.76. The first-order valence-electron chi connectivity index (χ1n) is 4.55. The van der Waals surface area contributed by atoms with E-state index in [0.717, 1.165) is 18.8 Å². The maximum Gasteiger partial charge on any atom is 0.0689 e. The van der Waals surface area contributed by atoms with Gasteiger partial charge in [-0.1, -0.05) is 11.6 Å². The van der Waals surface area contributed by atoms with Crippen LogP contribution in [0.25, 0.3) is 0 Å². The molecule has 1 fully saturated rings. The molecule has 0 aromatic carbocycles. The Bertz CT molecular complexity index is 284. The molecule has 1 aromatic rings. The molecule has 0 spiro atoms. The third-order valence-corrected chi connectivity index (χ3v) is 2.56. The largest absolute Gasteiger partial charge is 0.316 e. The summed E-state index contributed by atoms with van der Waals surface area (Å²) in [7, 11) is 0. The van der Waals surface area contributed by atoms with Crippen LogP contribution in [0.2, 0.25) is 5.02 Å². The van der Waals surface area contributed by atoms with Gasteiger partial charge in [0.05, 0.1) is 16.9 Å². The Hall–Kier alpha value is -0.670. The molecule has 0 radical (unpaired) electrons. The first kappa shape index (κ1) is 8.91. The van der Waals surface area contributed by atoms with Gasteiger partial charge in [0, 0.05) is 12.5 Å². The molecule has 2 rings (SSSR count). The van der Waals surface area contributed by atoms with Gasteiger partial charge in [0.25, 0.3) is 0 Å². The van der Waals surface area contributed by atoms with Crippen molar-refractivity contribution in [2.45, 2.75) is 18.8 Å². The smallest absolute Gasteiger partial charge is 0.0689 e. The van der Waals surface area contributed by atoms with E-state index in [1.807, 2.05) is 6.07 Å². The maximum atomic E-state index is 5.84. The van der Waals surface area contributed by atoms with Gasteiger partial charge in [-0.15, -0.1) is 0 Å². The molecule has 0 bridgehead atoms. The SMILES string of the molecule is Clc1cnnc(C2CCCNC2)c1. The van der Waals surface area contributed by atoms with E-state index >= 15 is 0 Å². The fourth-order valence-electron chi connectivity index (χ4n) is 1.66. The van der Waals surface area contributed by atoms with E-state index in [1.165, 1.54) is 12.8 Å². The van der Waals surface area contributed by atoms with Crippen LogP contribution in [-0.4, -0.2) is 23.3 Å². The van der Waals surface area contributed by atoms with E-state index in [4.69, 9.17) is 11.6 Å². The molecule has 0 aliphatic carbocycles. The molecule has 3 nitrogen and oxygen atoms in total. The van der Waals surface area contributed by atoms with Crippen molar-refractivity contribution < 1.29 is 0 Å². The van der Waals surface area contributed by atoms with Crippen LogP contribution >= 0.6 is 11.6 Å². The van der Waals surface area contributed by atoms with E-state index < -0.39 is 0 Å². The fourth-order valence-corrected chi connectivity index (χ4v) is 1.82. The highest BCUT2D eigenvalue weighted by atomic mass is 35.5. The highest BCUT2D eigenvalue weighted by molar-refractivity contribution is 6.30. The molecule has 0 amide bonds.